The fraction of sp³-hybridized carbons (Fsp3) is 0.714. The Labute approximate surface area is 81.7 Å². The molecule has 0 saturated carbocycles. The topological polar surface area (TPSA) is 74.6 Å². The van der Waals surface area contributed by atoms with Gasteiger partial charge in [-0.1, -0.05) is 6.42 Å². The van der Waals surface area contributed by atoms with Gasteiger partial charge >= 0.3 is 11.9 Å². The molecule has 0 aromatic carbocycles. The van der Waals surface area contributed by atoms with Crippen molar-refractivity contribution in [2.75, 3.05) is 0 Å². The summed E-state index contributed by atoms with van der Waals surface area (Å²) >= 11 is 0. The summed E-state index contributed by atoms with van der Waals surface area (Å²) in [6.45, 7) is 0. The standard InChI is InChI=1S/C7H12O4.Cr/c8-6(9)4-2-1-3-5-7(10)11;/h1-5H2,(H,8,9)(H,10,11);. The summed E-state index contributed by atoms with van der Waals surface area (Å²) in [6.07, 6.45) is 2.10. The van der Waals surface area contributed by atoms with Gasteiger partial charge in [0, 0.05) is 30.2 Å². The van der Waals surface area contributed by atoms with Gasteiger partial charge in [0.25, 0.3) is 0 Å². The summed E-state index contributed by atoms with van der Waals surface area (Å²) in [5, 5.41) is 16.4. The summed E-state index contributed by atoms with van der Waals surface area (Å²) in [4.78, 5) is 20.0. The van der Waals surface area contributed by atoms with Crippen molar-refractivity contribution in [2.45, 2.75) is 32.1 Å². The maximum absolute atomic E-state index is 9.98. The minimum absolute atomic E-state index is 0. The number of aliphatic carboxylic acids is 2. The van der Waals surface area contributed by atoms with Crippen LogP contribution >= 0.6 is 0 Å². The van der Waals surface area contributed by atoms with Gasteiger partial charge in [-0.2, -0.15) is 0 Å². The molecule has 70 valence electrons. The van der Waals surface area contributed by atoms with Gasteiger partial charge in [0.2, 0.25) is 0 Å². The van der Waals surface area contributed by atoms with Crippen LogP contribution in [0.1, 0.15) is 32.1 Å². The summed E-state index contributed by atoms with van der Waals surface area (Å²) in [5.41, 5.74) is 0. The van der Waals surface area contributed by atoms with E-state index in [1.165, 1.54) is 0 Å². The number of carboxylic acids is 2. The van der Waals surface area contributed by atoms with Crippen LogP contribution in [-0.4, -0.2) is 22.2 Å². The van der Waals surface area contributed by atoms with Gasteiger partial charge in [0.1, 0.15) is 0 Å². The third-order valence-electron chi connectivity index (χ3n) is 1.28. The summed E-state index contributed by atoms with van der Waals surface area (Å²) in [7, 11) is 0. The van der Waals surface area contributed by atoms with Gasteiger partial charge in [-0.15, -0.1) is 0 Å². The van der Waals surface area contributed by atoms with Gasteiger partial charge in [-0.05, 0) is 12.8 Å². The molecule has 0 spiro atoms. The van der Waals surface area contributed by atoms with Gasteiger partial charge in [-0.3, -0.25) is 9.59 Å². The molecular formula is C7H12CrO4. The molecule has 0 heterocycles. The van der Waals surface area contributed by atoms with Crippen LogP contribution < -0.4 is 0 Å². The Hall–Kier alpha value is -0.528. The van der Waals surface area contributed by atoms with Gasteiger partial charge in [0.15, 0.2) is 0 Å². The third kappa shape index (κ3) is 12.2. The van der Waals surface area contributed by atoms with Gasteiger partial charge < -0.3 is 10.2 Å². The number of hydrogen-bond acceptors (Lipinski definition) is 2. The van der Waals surface area contributed by atoms with E-state index in [9.17, 15) is 9.59 Å². The van der Waals surface area contributed by atoms with Crippen LogP contribution in [0.15, 0.2) is 0 Å². The van der Waals surface area contributed by atoms with E-state index >= 15 is 0 Å². The van der Waals surface area contributed by atoms with Crippen molar-refractivity contribution < 1.29 is 37.2 Å². The zero-order valence-corrected chi connectivity index (χ0v) is 7.93. The zero-order chi connectivity index (χ0) is 8.69. The van der Waals surface area contributed by atoms with Crippen LogP contribution in [0.5, 0.6) is 0 Å². The van der Waals surface area contributed by atoms with E-state index in [1.807, 2.05) is 0 Å². The molecule has 0 saturated heterocycles. The number of rotatable bonds is 6. The van der Waals surface area contributed by atoms with E-state index in [1.54, 1.807) is 0 Å². The molecule has 0 radical (unpaired) electrons. The Bertz CT molecular complexity index is 130. The first kappa shape index (κ1) is 14.0. The Morgan fingerprint density at radius 1 is 0.833 bits per heavy atom. The number of hydrogen-bond donors (Lipinski definition) is 2. The second-order valence-electron chi connectivity index (χ2n) is 2.35. The third-order valence-corrected chi connectivity index (χ3v) is 1.28. The predicted molar refractivity (Wildman–Crippen MR) is 38.4 cm³/mol. The minimum Gasteiger partial charge on any atom is -0.481 e. The smallest absolute Gasteiger partial charge is 0.303 e. The molecule has 12 heavy (non-hydrogen) atoms. The van der Waals surface area contributed by atoms with Crippen molar-refractivity contribution in [3.8, 4) is 0 Å². The second kappa shape index (κ2) is 8.57. The molecule has 0 atom stereocenters. The first-order chi connectivity index (χ1) is 5.13. The summed E-state index contributed by atoms with van der Waals surface area (Å²) in [6, 6.07) is 0. The molecule has 0 fully saturated rings. The fourth-order valence-corrected chi connectivity index (χ4v) is 0.729. The Morgan fingerprint density at radius 3 is 1.42 bits per heavy atom. The van der Waals surface area contributed by atoms with E-state index in [0.717, 1.165) is 0 Å². The fourth-order valence-electron chi connectivity index (χ4n) is 0.729. The summed E-state index contributed by atoms with van der Waals surface area (Å²) in [5.74, 6) is -1.64. The molecule has 2 N–H and O–H groups in total. The average molecular weight is 212 g/mol. The van der Waals surface area contributed by atoms with Crippen molar-refractivity contribution in [2.24, 2.45) is 0 Å². The molecule has 0 bridgehead atoms. The van der Waals surface area contributed by atoms with Crippen LogP contribution in [0.25, 0.3) is 0 Å². The average Bonchev–Trinajstić information content (AvgIpc) is 1.85. The van der Waals surface area contributed by atoms with E-state index in [2.05, 4.69) is 0 Å². The summed E-state index contributed by atoms with van der Waals surface area (Å²) < 4.78 is 0. The molecule has 0 rings (SSSR count). The van der Waals surface area contributed by atoms with Crippen LogP contribution in [0.4, 0.5) is 0 Å². The number of carbonyl (C=O) groups is 2. The van der Waals surface area contributed by atoms with Crippen LogP contribution in [-0.2, 0) is 27.0 Å². The van der Waals surface area contributed by atoms with Gasteiger partial charge in [0.05, 0.1) is 0 Å². The molecule has 0 aromatic heterocycles. The molecule has 5 heteroatoms. The predicted octanol–water partition coefficient (Wildman–Crippen LogP) is 1.10. The quantitative estimate of drug-likeness (QED) is 0.646. The minimum atomic E-state index is -0.819. The van der Waals surface area contributed by atoms with Crippen molar-refractivity contribution >= 4 is 11.9 Å². The molecule has 0 aliphatic heterocycles. The number of carboxylic acid groups (broad SMARTS) is 2. The maximum Gasteiger partial charge on any atom is 0.303 e. The molecule has 0 amide bonds. The Morgan fingerprint density at radius 2 is 1.17 bits per heavy atom. The van der Waals surface area contributed by atoms with Crippen LogP contribution in [0.3, 0.4) is 0 Å². The molecule has 0 aliphatic rings. The maximum atomic E-state index is 9.98. The first-order valence-electron chi connectivity index (χ1n) is 3.56. The first-order valence-corrected chi connectivity index (χ1v) is 3.56. The number of unbranched alkanes of at least 4 members (excludes halogenated alkanes) is 2. The molecule has 0 aromatic rings. The van der Waals surface area contributed by atoms with Gasteiger partial charge in [-0.25, -0.2) is 0 Å². The molecular weight excluding hydrogens is 200 g/mol. The Balaban J connectivity index is 0. The second-order valence-corrected chi connectivity index (χ2v) is 2.35. The van der Waals surface area contributed by atoms with Crippen molar-refractivity contribution in [3.63, 3.8) is 0 Å². The zero-order valence-electron chi connectivity index (χ0n) is 6.65. The van der Waals surface area contributed by atoms with Crippen molar-refractivity contribution in [1.29, 1.82) is 0 Å². The van der Waals surface area contributed by atoms with Crippen LogP contribution in [0, 0.1) is 0 Å². The monoisotopic (exact) mass is 212 g/mol. The molecule has 4 nitrogen and oxygen atoms in total. The Kier molecular flexibility index (Phi) is 10.0. The van der Waals surface area contributed by atoms with E-state index in [4.69, 9.17) is 10.2 Å². The van der Waals surface area contributed by atoms with Crippen molar-refractivity contribution in [3.05, 3.63) is 0 Å². The van der Waals surface area contributed by atoms with E-state index in [0.29, 0.717) is 19.3 Å². The van der Waals surface area contributed by atoms with E-state index < -0.39 is 11.9 Å². The largest absolute Gasteiger partial charge is 0.481 e. The van der Waals surface area contributed by atoms with Crippen molar-refractivity contribution in [1.82, 2.24) is 0 Å². The normalized spacial score (nSPS) is 8.67. The molecule has 0 unspecified atom stereocenters. The SMILES string of the molecule is O=C(O)CCCCCC(=O)O.[Cr]. The van der Waals surface area contributed by atoms with E-state index in [-0.39, 0.29) is 30.2 Å². The molecule has 0 aliphatic carbocycles. The van der Waals surface area contributed by atoms with Crippen LogP contribution in [0.2, 0.25) is 0 Å².